The normalized spacial score (nSPS) is 12.3. The number of hydrogen-bond acceptors (Lipinski definition) is 3. The third-order valence-electron chi connectivity index (χ3n) is 3.57. The van der Waals surface area contributed by atoms with E-state index in [4.69, 9.17) is 0 Å². The highest BCUT2D eigenvalue weighted by atomic mass is 19.1. The molecule has 2 rings (SSSR count). The first-order chi connectivity index (χ1) is 9.95. The molecule has 3 nitrogen and oxygen atoms in total. The zero-order chi connectivity index (χ0) is 15.4. The summed E-state index contributed by atoms with van der Waals surface area (Å²) in [6, 6.07) is 9.37. The quantitative estimate of drug-likeness (QED) is 0.790. The molecule has 0 saturated carbocycles. The molecule has 1 atom stereocenters. The van der Waals surface area contributed by atoms with Crippen molar-refractivity contribution in [3.8, 4) is 11.5 Å². The third-order valence-corrected chi connectivity index (χ3v) is 3.57. The van der Waals surface area contributed by atoms with Gasteiger partial charge in [0.25, 0.3) is 0 Å². The fraction of sp³-hybridized carbons (Fsp3) is 0.294. The summed E-state index contributed by atoms with van der Waals surface area (Å²) < 4.78 is 13.0. The molecular weight excluding hydrogens is 269 g/mol. The van der Waals surface area contributed by atoms with E-state index in [1.807, 2.05) is 13.8 Å². The molecule has 0 saturated heterocycles. The standard InChI is InChI=1S/C17H20FNO2/c1-11-7-15(18)4-3-13(11)5-6-19-12(2)14-8-16(20)10-17(21)9-14/h3-4,7-10,12,19-21H,5-6H2,1-2H3. The Bertz CT molecular complexity index is 608. The van der Waals surface area contributed by atoms with Crippen LogP contribution >= 0.6 is 0 Å². The average Bonchev–Trinajstić information content (AvgIpc) is 2.40. The predicted octanol–water partition coefficient (Wildman–Crippen LogP) is 3.44. The number of hydrogen-bond donors (Lipinski definition) is 3. The second-order valence-corrected chi connectivity index (χ2v) is 5.28. The summed E-state index contributed by atoms with van der Waals surface area (Å²) in [5.74, 6) is -0.117. The molecule has 2 aromatic carbocycles. The van der Waals surface area contributed by atoms with Crippen molar-refractivity contribution in [2.45, 2.75) is 26.3 Å². The largest absolute Gasteiger partial charge is 0.508 e. The van der Waals surface area contributed by atoms with Crippen molar-refractivity contribution in [1.29, 1.82) is 0 Å². The first-order valence-corrected chi connectivity index (χ1v) is 6.97. The lowest BCUT2D eigenvalue weighted by Gasteiger charge is -2.15. The van der Waals surface area contributed by atoms with Crippen LogP contribution in [0.2, 0.25) is 0 Å². The van der Waals surface area contributed by atoms with Gasteiger partial charge in [-0.15, -0.1) is 0 Å². The molecule has 0 aliphatic rings. The van der Waals surface area contributed by atoms with Gasteiger partial charge in [0.05, 0.1) is 0 Å². The van der Waals surface area contributed by atoms with Gasteiger partial charge < -0.3 is 15.5 Å². The summed E-state index contributed by atoms with van der Waals surface area (Å²) in [5, 5.41) is 22.3. The van der Waals surface area contributed by atoms with Gasteiger partial charge in [-0.25, -0.2) is 4.39 Å². The lowest BCUT2D eigenvalue weighted by molar-refractivity contribution is 0.446. The Kier molecular flexibility index (Phi) is 4.81. The van der Waals surface area contributed by atoms with Crippen LogP contribution in [0.15, 0.2) is 36.4 Å². The van der Waals surface area contributed by atoms with Crippen LogP contribution in [-0.2, 0) is 6.42 Å². The van der Waals surface area contributed by atoms with Crippen LogP contribution in [0, 0.1) is 12.7 Å². The SMILES string of the molecule is Cc1cc(F)ccc1CCNC(C)c1cc(O)cc(O)c1. The zero-order valence-electron chi connectivity index (χ0n) is 12.2. The average molecular weight is 289 g/mol. The van der Waals surface area contributed by atoms with Gasteiger partial charge in [-0.3, -0.25) is 0 Å². The number of aromatic hydroxyl groups is 2. The lowest BCUT2D eigenvalue weighted by atomic mass is 10.0. The van der Waals surface area contributed by atoms with Crippen LogP contribution in [0.3, 0.4) is 0 Å². The number of rotatable bonds is 5. The van der Waals surface area contributed by atoms with Crippen LogP contribution in [-0.4, -0.2) is 16.8 Å². The third kappa shape index (κ3) is 4.20. The Labute approximate surface area is 124 Å². The Morgan fingerprint density at radius 2 is 1.76 bits per heavy atom. The molecule has 3 N–H and O–H groups in total. The molecule has 0 amide bonds. The number of aryl methyl sites for hydroxylation is 1. The van der Waals surface area contributed by atoms with Crippen LogP contribution < -0.4 is 5.32 Å². The maximum Gasteiger partial charge on any atom is 0.123 e. The van der Waals surface area contributed by atoms with E-state index < -0.39 is 0 Å². The van der Waals surface area contributed by atoms with E-state index in [0.29, 0.717) is 0 Å². The molecule has 0 heterocycles. The summed E-state index contributed by atoms with van der Waals surface area (Å²) in [5.41, 5.74) is 2.87. The molecule has 0 aromatic heterocycles. The zero-order valence-corrected chi connectivity index (χ0v) is 12.2. The first kappa shape index (κ1) is 15.3. The van der Waals surface area contributed by atoms with Gasteiger partial charge in [0.1, 0.15) is 17.3 Å². The van der Waals surface area contributed by atoms with Gasteiger partial charge in [0, 0.05) is 12.1 Å². The van der Waals surface area contributed by atoms with Gasteiger partial charge in [0.2, 0.25) is 0 Å². The van der Waals surface area contributed by atoms with Crippen LogP contribution in [0.4, 0.5) is 4.39 Å². The van der Waals surface area contributed by atoms with Gasteiger partial charge in [0.15, 0.2) is 0 Å². The summed E-state index contributed by atoms with van der Waals surface area (Å²) >= 11 is 0. The number of benzene rings is 2. The fourth-order valence-electron chi connectivity index (χ4n) is 2.35. The number of nitrogens with one attached hydrogen (secondary N) is 1. The highest BCUT2D eigenvalue weighted by Gasteiger charge is 2.08. The molecule has 0 bridgehead atoms. The van der Waals surface area contributed by atoms with E-state index in [-0.39, 0.29) is 23.4 Å². The molecule has 112 valence electrons. The smallest absolute Gasteiger partial charge is 0.123 e. The van der Waals surface area contributed by atoms with E-state index >= 15 is 0 Å². The summed E-state index contributed by atoms with van der Waals surface area (Å²) in [7, 11) is 0. The number of phenolic OH excluding ortho intramolecular Hbond substituents is 2. The summed E-state index contributed by atoms with van der Waals surface area (Å²) in [4.78, 5) is 0. The van der Waals surface area contributed by atoms with E-state index in [9.17, 15) is 14.6 Å². The molecule has 2 aromatic rings. The van der Waals surface area contributed by atoms with Crippen molar-refractivity contribution in [2.24, 2.45) is 0 Å². The summed E-state index contributed by atoms with van der Waals surface area (Å²) in [6.45, 7) is 4.59. The van der Waals surface area contributed by atoms with Crippen LogP contribution in [0.25, 0.3) is 0 Å². The van der Waals surface area contributed by atoms with E-state index in [2.05, 4.69) is 5.32 Å². The Morgan fingerprint density at radius 3 is 2.38 bits per heavy atom. The van der Waals surface area contributed by atoms with Gasteiger partial charge in [-0.1, -0.05) is 6.07 Å². The van der Waals surface area contributed by atoms with E-state index in [0.717, 1.165) is 29.7 Å². The Balaban J connectivity index is 1.93. The Hall–Kier alpha value is -2.07. The molecule has 4 heteroatoms. The molecule has 21 heavy (non-hydrogen) atoms. The predicted molar refractivity (Wildman–Crippen MR) is 81.0 cm³/mol. The fourth-order valence-corrected chi connectivity index (χ4v) is 2.35. The van der Waals surface area contributed by atoms with Crippen LogP contribution in [0.1, 0.15) is 29.7 Å². The highest BCUT2D eigenvalue weighted by Crippen LogP contribution is 2.24. The van der Waals surface area contributed by atoms with Crippen LogP contribution in [0.5, 0.6) is 11.5 Å². The minimum atomic E-state index is -0.215. The molecular formula is C17H20FNO2. The molecule has 0 aliphatic heterocycles. The lowest BCUT2D eigenvalue weighted by Crippen LogP contribution is -2.21. The minimum absolute atomic E-state index is 0.00348. The Morgan fingerprint density at radius 1 is 1.10 bits per heavy atom. The second-order valence-electron chi connectivity index (χ2n) is 5.28. The minimum Gasteiger partial charge on any atom is -0.508 e. The van der Waals surface area contributed by atoms with Gasteiger partial charge in [-0.05, 0) is 67.8 Å². The molecule has 0 aliphatic carbocycles. The van der Waals surface area contributed by atoms with Crippen molar-refractivity contribution in [3.05, 3.63) is 58.9 Å². The van der Waals surface area contributed by atoms with Crippen molar-refractivity contribution in [3.63, 3.8) is 0 Å². The van der Waals surface area contributed by atoms with Gasteiger partial charge >= 0.3 is 0 Å². The molecule has 0 fully saturated rings. The van der Waals surface area contributed by atoms with E-state index in [1.165, 1.54) is 18.2 Å². The molecule has 0 spiro atoms. The van der Waals surface area contributed by atoms with Crippen molar-refractivity contribution in [2.75, 3.05) is 6.54 Å². The monoisotopic (exact) mass is 289 g/mol. The molecule has 1 unspecified atom stereocenters. The maximum atomic E-state index is 13.0. The van der Waals surface area contributed by atoms with Crippen molar-refractivity contribution < 1.29 is 14.6 Å². The van der Waals surface area contributed by atoms with E-state index in [1.54, 1.807) is 18.2 Å². The maximum absolute atomic E-state index is 13.0. The van der Waals surface area contributed by atoms with Gasteiger partial charge in [-0.2, -0.15) is 0 Å². The topological polar surface area (TPSA) is 52.5 Å². The second kappa shape index (κ2) is 6.59. The first-order valence-electron chi connectivity index (χ1n) is 6.97. The number of halogens is 1. The molecule has 0 radical (unpaired) electrons. The highest BCUT2D eigenvalue weighted by molar-refractivity contribution is 5.38. The van der Waals surface area contributed by atoms with Crippen molar-refractivity contribution in [1.82, 2.24) is 5.32 Å². The number of phenols is 2. The summed E-state index contributed by atoms with van der Waals surface area (Å²) in [6.07, 6.45) is 0.793. The van der Waals surface area contributed by atoms with Crippen molar-refractivity contribution >= 4 is 0 Å².